The predicted octanol–water partition coefficient (Wildman–Crippen LogP) is 13.3. The summed E-state index contributed by atoms with van der Waals surface area (Å²) in [5, 5.41) is 3.69. The van der Waals surface area contributed by atoms with Gasteiger partial charge in [0.25, 0.3) is 0 Å². The van der Waals surface area contributed by atoms with E-state index in [4.69, 9.17) is 49.3 Å². The topological polar surface area (TPSA) is 129 Å². The van der Waals surface area contributed by atoms with E-state index in [0.717, 1.165) is 88.6 Å². The average molecular weight is 860 g/mol. The minimum Gasteiger partial charge on any atom is -0.435 e. The molecule has 7 aromatic heterocycles. The molecule has 6 aromatic carbocycles. The van der Waals surface area contributed by atoms with Crippen LogP contribution >= 0.6 is 0 Å². The van der Waals surface area contributed by atoms with E-state index in [1.807, 2.05) is 122 Å². The highest BCUT2D eigenvalue weighted by atomic mass is 16.3. The van der Waals surface area contributed by atoms with Crippen molar-refractivity contribution in [2.45, 2.75) is 0 Å². The maximum Gasteiger partial charge on any atom is 0.227 e. The van der Waals surface area contributed by atoms with E-state index in [1.165, 1.54) is 0 Å². The molecule has 13 aromatic rings. The van der Waals surface area contributed by atoms with Gasteiger partial charge in [-0.15, -0.1) is 0 Å². The van der Waals surface area contributed by atoms with Gasteiger partial charge in [-0.05, 0) is 66.7 Å². The molecule has 0 aliphatic heterocycles. The Bertz CT molecular complexity index is 3800. The average Bonchev–Trinajstić information content (AvgIpc) is 3.87. The van der Waals surface area contributed by atoms with Crippen LogP contribution in [0.3, 0.4) is 0 Å². The molecule has 312 valence electrons. The molecule has 67 heavy (non-hydrogen) atoms. The second kappa shape index (κ2) is 15.7. The van der Waals surface area contributed by atoms with E-state index in [-0.39, 0.29) is 0 Å². The van der Waals surface area contributed by atoms with Crippen LogP contribution < -0.4 is 0 Å². The molecule has 0 aliphatic carbocycles. The molecule has 0 saturated heterocycles. The van der Waals surface area contributed by atoms with Gasteiger partial charge in [-0.25, -0.2) is 24.9 Å². The minimum absolute atomic E-state index is 0.398. The quantitative estimate of drug-likeness (QED) is 0.143. The standard InChI is InChI=1S/C57H33N9O/c1-3-13-34(14-4-1)45-32-47(41-21-7-17-36-19-9-25-58-49(36)41)64-55(62-45)38-29-39(31-40(30-38)57-66-53-43-23-11-27-60-51(43)52-44(54(53)67-57)24-12-28-61-52)56-63-46(35-15-5-2-6-16-35)33-48(65-56)42-22-8-18-37-20-10-26-59-50(37)42/h1-33H. The highest BCUT2D eigenvalue weighted by molar-refractivity contribution is 6.20. The Labute approximate surface area is 382 Å². The molecule has 0 unspecified atom stereocenters. The van der Waals surface area contributed by atoms with E-state index in [1.54, 1.807) is 12.4 Å². The summed E-state index contributed by atoms with van der Waals surface area (Å²) in [5.41, 5.74) is 13.2. The molecular formula is C57H33N9O. The molecule has 13 rings (SSSR count). The predicted molar refractivity (Wildman–Crippen MR) is 264 cm³/mol. The van der Waals surface area contributed by atoms with E-state index < -0.39 is 0 Å². The Morgan fingerprint density at radius 1 is 0.299 bits per heavy atom. The highest BCUT2D eigenvalue weighted by Gasteiger charge is 2.22. The summed E-state index contributed by atoms with van der Waals surface area (Å²) in [6.07, 6.45) is 7.17. The second-order valence-electron chi connectivity index (χ2n) is 16.2. The van der Waals surface area contributed by atoms with E-state index in [9.17, 15) is 0 Å². The van der Waals surface area contributed by atoms with Crippen LogP contribution in [-0.4, -0.2) is 44.9 Å². The Morgan fingerprint density at radius 3 is 1.30 bits per heavy atom. The fraction of sp³-hybridized carbons (Fsp3) is 0. The zero-order valence-electron chi connectivity index (χ0n) is 35.5. The van der Waals surface area contributed by atoms with Crippen molar-refractivity contribution < 1.29 is 4.42 Å². The third-order valence-electron chi connectivity index (χ3n) is 12.1. The number of hydrogen-bond donors (Lipinski definition) is 0. The monoisotopic (exact) mass is 859 g/mol. The molecule has 0 atom stereocenters. The van der Waals surface area contributed by atoms with Gasteiger partial charge in [0.15, 0.2) is 17.2 Å². The van der Waals surface area contributed by atoms with E-state index in [2.05, 4.69) is 66.7 Å². The number of hydrogen-bond acceptors (Lipinski definition) is 10. The summed E-state index contributed by atoms with van der Waals surface area (Å²) in [7, 11) is 0. The summed E-state index contributed by atoms with van der Waals surface area (Å²) < 4.78 is 6.85. The summed E-state index contributed by atoms with van der Waals surface area (Å²) >= 11 is 0. The van der Waals surface area contributed by atoms with Crippen LogP contribution in [-0.2, 0) is 0 Å². The fourth-order valence-electron chi connectivity index (χ4n) is 8.94. The van der Waals surface area contributed by atoms with Crippen molar-refractivity contribution in [1.82, 2.24) is 44.9 Å². The molecule has 10 heteroatoms. The van der Waals surface area contributed by atoms with Crippen molar-refractivity contribution in [1.29, 1.82) is 0 Å². The number of fused-ring (bicyclic) bond motifs is 8. The Kier molecular flexibility index (Phi) is 8.92. The van der Waals surface area contributed by atoms with Crippen LogP contribution in [0.2, 0.25) is 0 Å². The number of para-hydroxylation sites is 2. The lowest BCUT2D eigenvalue weighted by atomic mass is 10.0. The molecule has 0 bridgehead atoms. The summed E-state index contributed by atoms with van der Waals surface area (Å²) in [4.78, 5) is 45.6. The first-order valence-electron chi connectivity index (χ1n) is 21.8. The Balaban J connectivity index is 1.09. The van der Waals surface area contributed by atoms with Crippen molar-refractivity contribution in [2.75, 3.05) is 0 Å². The number of benzene rings is 6. The zero-order valence-corrected chi connectivity index (χ0v) is 35.5. The molecule has 7 heterocycles. The maximum absolute atomic E-state index is 6.85. The highest BCUT2D eigenvalue weighted by Crippen LogP contribution is 2.40. The largest absolute Gasteiger partial charge is 0.435 e. The zero-order chi connectivity index (χ0) is 44.3. The molecule has 0 saturated carbocycles. The van der Waals surface area contributed by atoms with Gasteiger partial charge >= 0.3 is 0 Å². The first-order valence-corrected chi connectivity index (χ1v) is 21.8. The van der Waals surface area contributed by atoms with Gasteiger partial charge < -0.3 is 4.42 Å². The Hall–Kier alpha value is -9.41. The van der Waals surface area contributed by atoms with Crippen molar-refractivity contribution in [3.63, 3.8) is 0 Å². The van der Waals surface area contributed by atoms with Crippen LogP contribution in [0, 0.1) is 0 Å². The second-order valence-corrected chi connectivity index (χ2v) is 16.2. The lowest BCUT2D eigenvalue weighted by molar-refractivity contribution is 0.623. The number of nitrogens with zero attached hydrogens (tertiary/aromatic N) is 9. The van der Waals surface area contributed by atoms with E-state index >= 15 is 0 Å². The van der Waals surface area contributed by atoms with Gasteiger partial charge in [0.2, 0.25) is 5.89 Å². The van der Waals surface area contributed by atoms with Crippen molar-refractivity contribution in [3.05, 3.63) is 201 Å². The molecule has 0 amide bonds. The summed E-state index contributed by atoms with van der Waals surface area (Å²) in [6.45, 7) is 0. The first kappa shape index (κ1) is 38.1. The minimum atomic E-state index is 0.398. The van der Waals surface area contributed by atoms with Gasteiger partial charge in [0, 0.05) is 85.3 Å². The number of rotatable bonds is 7. The molecule has 10 nitrogen and oxygen atoms in total. The fourth-order valence-corrected chi connectivity index (χ4v) is 8.94. The first-order chi connectivity index (χ1) is 33.2. The number of aromatic nitrogens is 9. The third kappa shape index (κ3) is 6.71. The summed E-state index contributed by atoms with van der Waals surface area (Å²) in [6, 6.07) is 58.6. The van der Waals surface area contributed by atoms with Gasteiger partial charge in [-0.3, -0.25) is 19.9 Å². The van der Waals surface area contributed by atoms with Crippen LogP contribution in [0.4, 0.5) is 0 Å². The SMILES string of the molecule is c1ccc(-c2cc(-c3cccc4cccnc34)nc(-c3cc(-c4nc(-c5ccccc5)cc(-c5cccc6cccnc56)n4)cc(-c4nc5c6cccnc6c6ncccc6c5o4)c3)n2)cc1. The molecule has 0 aliphatic rings. The smallest absolute Gasteiger partial charge is 0.227 e. The van der Waals surface area contributed by atoms with Gasteiger partial charge in [-0.2, -0.15) is 0 Å². The van der Waals surface area contributed by atoms with Crippen molar-refractivity contribution in [2.24, 2.45) is 0 Å². The lowest BCUT2D eigenvalue weighted by Crippen LogP contribution is -1.99. The van der Waals surface area contributed by atoms with Crippen molar-refractivity contribution in [3.8, 4) is 79.3 Å². The third-order valence-corrected chi connectivity index (χ3v) is 12.1. The molecule has 0 radical (unpaired) electrons. The summed E-state index contributed by atoms with van der Waals surface area (Å²) in [5.74, 6) is 1.38. The normalized spacial score (nSPS) is 11.6. The molecule has 0 spiro atoms. The van der Waals surface area contributed by atoms with Crippen LogP contribution in [0.5, 0.6) is 0 Å². The van der Waals surface area contributed by atoms with Crippen LogP contribution in [0.15, 0.2) is 205 Å². The van der Waals surface area contributed by atoms with Gasteiger partial charge in [0.05, 0.1) is 39.3 Å². The van der Waals surface area contributed by atoms with Crippen LogP contribution in [0.1, 0.15) is 0 Å². The van der Waals surface area contributed by atoms with E-state index in [0.29, 0.717) is 45.3 Å². The van der Waals surface area contributed by atoms with Gasteiger partial charge in [-0.1, -0.05) is 109 Å². The number of pyridine rings is 4. The molecular weight excluding hydrogens is 827 g/mol. The number of oxazole rings is 1. The Morgan fingerprint density at radius 2 is 0.746 bits per heavy atom. The van der Waals surface area contributed by atoms with Crippen LogP contribution in [0.25, 0.3) is 134 Å². The van der Waals surface area contributed by atoms with Gasteiger partial charge in [0.1, 0.15) is 11.0 Å². The molecule has 0 N–H and O–H groups in total. The van der Waals surface area contributed by atoms with Crippen molar-refractivity contribution >= 4 is 54.7 Å². The lowest BCUT2D eigenvalue weighted by Gasteiger charge is -2.14. The maximum atomic E-state index is 6.85. The molecule has 0 fully saturated rings.